The third-order valence-corrected chi connectivity index (χ3v) is 7.95. The van der Waals surface area contributed by atoms with E-state index >= 15 is 0 Å². The summed E-state index contributed by atoms with van der Waals surface area (Å²) in [6, 6.07) is 4.42. The Bertz CT molecular complexity index is 1030. The monoisotopic (exact) mass is 476 g/mol. The number of halogens is 1. The van der Waals surface area contributed by atoms with Crippen molar-refractivity contribution < 1.29 is 17.5 Å². The van der Waals surface area contributed by atoms with E-state index < -0.39 is 15.7 Å². The second kappa shape index (κ2) is 10.3. The van der Waals surface area contributed by atoms with Gasteiger partial charge >= 0.3 is 0 Å². The van der Waals surface area contributed by atoms with Crippen molar-refractivity contribution in [1.82, 2.24) is 14.9 Å². The molecule has 33 heavy (non-hydrogen) atoms. The highest BCUT2D eigenvalue weighted by Crippen LogP contribution is 2.30. The van der Waals surface area contributed by atoms with Crippen molar-refractivity contribution in [2.24, 2.45) is 5.92 Å². The predicted molar refractivity (Wildman–Crippen MR) is 126 cm³/mol. The Hall–Kier alpha value is -2.26. The van der Waals surface area contributed by atoms with Crippen LogP contribution >= 0.6 is 0 Å². The molecule has 0 bridgehead atoms. The number of benzene rings is 1. The van der Waals surface area contributed by atoms with E-state index in [4.69, 9.17) is 4.74 Å². The summed E-state index contributed by atoms with van der Waals surface area (Å²) in [4.78, 5) is 13.8. The van der Waals surface area contributed by atoms with E-state index in [1.807, 2.05) is 12.4 Å². The van der Waals surface area contributed by atoms with Crippen LogP contribution in [0, 0.1) is 11.7 Å². The Kier molecular flexibility index (Phi) is 7.48. The molecule has 1 saturated heterocycles. The second-order valence-corrected chi connectivity index (χ2v) is 11.1. The molecule has 1 aliphatic carbocycles. The van der Waals surface area contributed by atoms with Crippen LogP contribution in [-0.2, 0) is 16.3 Å². The number of hydrogen-bond donors (Lipinski definition) is 0. The number of aromatic nitrogens is 2. The van der Waals surface area contributed by atoms with Gasteiger partial charge in [-0.05, 0) is 61.8 Å². The van der Waals surface area contributed by atoms with Crippen LogP contribution in [0.25, 0.3) is 0 Å². The van der Waals surface area contributed by atoms with E-state index in [-0.39, 0.29) is 10.6 Å². The summed E-state index contributed by atoms with van der Waals surface area (Å²) in [5, 5.41) is 0. The number of sulfone groups is 1. The van der Waals surface area contributed by atoms with Crippen molar-refractivity contribution in [2.45, 2.75) is 50.0 Å². The number of hydrogen-bond acceptors (Lipinski definition) is 7. The van der Waals surface area contributed by atoms with Crippen molar-refractivity contribution in [1.29, 1.82) is 0 Å². The number of ether oxygens (including phenoxy) is 1. The van der Waals surface area contributed by atoms with Gasteiger partial charge in [0.15, 0.2) is 21.4 Å². The lowest BCUT2D eigenvalue weighted by Gasteiger charge is -2.42. The largest absolute Gasteiger partial charge is 0.490 e. The number of nitrogens with zero attached hydrogens (tertiary/aromatic N) is 4. The molecular formula is C24H33FN4O3S. The van der Waals surface area contributed by atoms with Gasteiger partial charge in [0, 0.05) is 50.9 Å². The SMILES string of the molecule is CCc1cnc(N2CCN(C3CCC(COc4ccc(S(C)(=O)=O)cc4F)CC3)CC2)nc1. The summed E-state index contributed by atoms with van der Waals surface area (Å²) in [5.74, 6) is 0.708. The smallest absolute Gasteiger partial charge is 0.225 e. The van der Waals surface area contributed by atoms with Crippen LogP contribution in [0.5, 0.6) is 5.75 Å². The van der Waals surface area contributed by atoms with Crippen molar-refractivity contribution in [2.75, 3.05) is 43.9 Å². The molecule has 1 aromatic carbocycles. The van der Waals surface area contributed by atoms with Gasteiger partial charge in [-0.25, -0.2) is 22.8 Å². The molecular weight excluding hydrogens is 443 g/mol. The van der Waals surface area contributed by atoms with E-state index in [1.54, 1.807) is 0 Å². The van der Waals surface area contributed by atoms with E-state index in [0.29, 0.717) is 18.6 Å². The van der Waals surface area contributed by atoms with E-state index in [0.717, 1.165) is 82.1 Å². The van der Waals surface area contributed by atoms with Gasteiger partial charge < -0.3 is 9.64 Å². The van der Waals surface area contributed by atoms with Crippen molar-refractivity contribution in [3.63, 3.8) is 0 Å². The molecule has 0 spiro atoms. The van der Waals surface area contributed by atoms with Crippen LogP contribution in [0.1, 0.15) is 38.2 Å². The molecule has 180 valence electrons. The first kappa shape index (κ1) is 23.9. The Morgan fingerprint density at radius 1 is 1.06 bits per heavy atom. The van der Waals surface area contributed by atoms with Crippen molar-refractivity contribution in [3.8, 4) is 5.75 Å². The van der Waals surface area contributed by atoms with Gasteiger partial charge in [0.2, 0.25) is 5.95 Å². The molecule has 1 aromatic heterocycles. The fourth-order valence-corrected chi connectivity index (χ4v) is 5.33. The van der Waals surface area contributed by atoms with Gasteiger partial charge in [-0.2, -0.15) is 0 Å². The summed E-state index contributed by atoms with van der Waals surface area (Å²) in [5.41, 5.74) is 1.16. The summed E-state index contributed by atoms with van der Waals surface area (Å²) in [6.07, 6.45) is 10.2. The normalized spacial score (nSPS) is 22.3. The quantitative estimate of drug-likeness (QED) is 0.607. The Morgan fingerprint density at radius 3 is 2.30 bits per heavy atom. The third-order valence-electron chi connectivity index (χ3n) is 6.84. The lowest BCUT2D eigenvalue weighted by molar-refractivity contribution is 0.110. The third kappa shape index (κ3) is 6.00. The van der Waals surface area contributed by atoms with Crippen LogP contribution in [0.2, 0.25) is 0 Å². The molecule has 4 rings (SSSR count). The molecule has 0 atom stereocenters. The Labute approximate surface area is 195 Å². The van der Waals surface area contributed by atoms with Crippen LogP contribution in [0.3, 0.4) is 0 Å². The maximum absolute atomic E-state index is 14.2. The molecule has 0 radical (unpaired) electrons. The molecule has 2 fully saturated rings. The topological polar surface area (TPSA) is 75.6 Å². The van der Waals surface area contributed by atoms with Gasteiger partial charge in [0.05, 0.1) is 11.5 Å². The highest BCUT2D eigenvalue weighted by Gasteiger charge is 2.29. The Balaban J connectivity index is 1.21. The van der Waals surface area contributed by atoms with Crippen molar-refractivity contribution in [3.05, 3.63) is 42.0 Å². The van der Waals surface area contributed by atoms with E-state index in [2.05, 4.69) is 26.7 Å². The van der Waals surface area contributed by atoms with Gasteiger partial charge in [0.1, 0.15) is 0 Å². The fraction of sp³-hybridized carbons (Fsp3) is 0.583. The van der Waals surface area contributed by atoms with Crippen LogP contribution in [0.15, 0.2) is 35.5 Å². The maximum Gasteiger partial charge on any atom is 0.225 e. The molecule has 0 unspecified atom stereocenters. The molecule has 7 nitrogen and oxygen atoms in total. The minimum absolute atomic E-state index is 0.0301. The molecule has 9 heteroatoms. The van der Waals surface area contributed by atoms with Crippen molar-refractivity contribution >= 4 is 15.8 Å². The maximum atomic E-state index is 14.2. The standard InChI is InChI=1S/C24H33FN4O3S/c1-3-18-15-26-24(27-16-18)29-12-10-28(11-13-29)20-6-4-19(5-7-20)17-32-23-9-8-21(14-22(23)25)33(2,30)31/h8-9,14-16,19-20H,3-7,10-13,17H2,1-2H3. The zero-order chi connectivity index (χ0) is 23.4. The highest BCUT2D eigenvalue weighted by molar-refractivity contribution is 7.90. The lowest BCUT2D eigenvalue weighted by atomic mass is 9.85. The van der Waals surface area contributed by atoms with Crippen LogP contribution in [-0.4, -0.2) is 68.4 Å². The first-order chi connectivity index (χ1) is 15.8. The number of rotatable bonds is 7. The van der Waals surface area contributed by atoms with Gasteiger partial charge in [0.25, 0.3) is 0 Å². The minimum atomic E-state index is -3.43. The lowest BCUT2D eigenvalue weighted by Crippen LogP contribution is -2.51. The average molecular weight is 477 g/mol. The Morgan fingerprint density at radius 2 is 1.73 bits per heavy atom. The van der Waals surface area contributed by atoms with E-state index in [9.17, 15) is 12.8 Å². The van der Waals surface area contributed by atoms with Gasteiger partial charge in [-0.1, -0.05) is 6.92 Å². The zero-order valence-electron chi connectivity index (χ0n) is 19.4. The second-order valence-electron chi connectivity index (χ2n) is 9.12. The first-order valence-electron chi connectivity index (χ1n) is 11.8. The fourth-order valence-electron chi connectivity index (χ4n) is 4.69. The van der Waals surface area contributed by atoms with E-state index in [1.165, 1.54) is 12.1 Å². The highest BCUT2D eigenvalue weighted by atomic mass is 32.2. The first-order valence-corrected chi connectivity index (χ1v) is 13.6. The summed E-state index contributed by atoms with van der Waals surface area (Å²) >= 11 is 0. The average Bonchev–Trinajstić information content (AvgIpc) is 2.83. The van der Waals surface area contributed by atoms with Gasteiger partial charge in [-0.15, -0.1) is 0 Å². The molecule has 2 aliphatic rings. The summed E-state index contributed by atoms with van der Waals surface area (Å²) in [6.45, 7) is 6.48. The molecule has 1 aliphatic heterocycles. The minimum Gasteiger partial charge on any atom is -0.490 e. The molecule has 0 N–H and O–H groups in total. The molecule has 0 amide bonds. The summed E-state index contributed by atoms with van der Waals surface area (Å²) in [7, 11) is -3.43. The summed E-state index contributed by atoms with van der Waals surface area (Å²) < 4.78 is 43.0. The van der Waals surface area contributed by atoms with Gasteiger partial charge in [-0.3, -0.25) is 4.90 Å². The number of aryl methyl sites for hydroxylation is 1. The molecule has 2 aromatic rings. The number of anilines is 1. The van der Waals surface area contributed by atoms with Crippen LogP contribution < -0.4 is 9.64 Å². The van der Waals surface area contributed by atoms with Crippen LogP contribution in [0.4, 0.5) is 10.3 Å². The zero-order valence-corrected chi connectivity index (χ0v) is 20.2. The molecule has 2 heterocycles. The number of piperazine rings is 1. The molecule has 1 saturated carbocycles. The predicted octanol–water partition coefficient (Wildman–Crippen LogP) is 3.34.